The molecule has 1 atom stereocenters. The third-order valence-corrected chi connectivity index (χ3v) is 3.63. The van der Waals surface area contributed by atoms with Gasteiger partial charge in [-0.15, -0.1) is 0 Å². The van der Waals surface area contributed by atoms with E-state index in [2.05, 4.69) is 20.0 Å². The van der Waals surface area contributed by atoms with Gasteiger partial charge in [-0.1, -0.05) is 6.42 Å². The van der Waals surface area contributed by atoms with Crippen LogP contribution in [0, 0.1) is 6.92 Å². The number of carbonyl (C=O) groups is 1. The van der Waals surface area contributed by atoms with Crippen molar-refractivity contribution >= 4 is 22.6 Å². The summed E-state index contributed by atoms with van der Waals surface area (Å²) < 4.78 is 4.02. The molecule has 1 aliphatic heterocycles. The number of nitrogens with one attached hydrogen (secondary N) is 2. The van der Waals surface area contributed by atoms with Gasteiger partial charge in [0.2, 0.25) is 11.0 Å². The summed E-state index contributed by atoms with van der Waals surface area (Å²) in [6.45, 7) is 2.90. The van der Waals surface area contributed by atoms with Gasteiger partial charge in [-0.05, 0) is 32.7 Å². The Morgan fingerprint density at radius 3 is 3.12 bits per heavy atom. The van der Waals surface area contributed by atoms with Gasteiger partial charge in [0.25, 0.3) is 0 Å². The Kier molecular flexibility index (Phi) is 4.44. The summed E-state index contributed by atoms with van der Waals surface area (Å²) in [4.78, 5) is 15.8. The number of aryl methyl sites for hydroxylation is 1. The second-order valence-electron chi connectivity index (χ2n) is 4.38. The smallest absolute Gasteiger partial charge is 0.226 e. The molecule has 94 valence electrons. The first-order valence-electron chi connectivity index (χ1n) is 6.07. The summed E-state index contributed by atoms with van der Waals surface area (Å²) in [6.07, 6.45) is 5.17. The highest BCUT2D eigenvalue weighted by atomic mass is 32.1. The molecule has 1 fully saturated rings. The van der Waals surface area contributed by atoms with Crippen molar-refractivity contribution in [1.82, 2.24) is 14.7 Å². The Bertz CT molecular complexity index is 373. The van der Waals surface area contributed by atoms with E-state index in [-0.39, 0.29) is 5.91 Å². The van der Waals surface area contributed by atoms with Crippen LogP contribution in [0.25, 0.3) is 0 Å². The molecule has 1 amide bonds. The fraction of sp³-hybridized carbons (Fsp3) is 0.727. The molecule has 0 saturated carbocycles. The zero-order chi connectivity index (χ0) is 12.1. The zero-order valence-corrected chi connectivity index (χ0v) is 10.8. The van der Waals surface area contributed by atoms with E-state index in [0.717, 1.165) is 13.0 Å². The molecule has 0 aromatic carbocycles. The van der Waals surface area contributed by atoms with Crippen LogP contribution < -0.4 is 10.6 Å². The number of nitrogens with zero attached hydrogens (tertiary/aromatic N) is 2. The van der Waals surface area contributed by atoms with E-state index in [1.165, 1.54) is 30.8 Å². The van der Waals surface area contributed by atoms with Gasteiger partial charge in [-0.25, -0.2) is 4.98 Å². The number of carbonyl (C=O) groups excluding carboxylic acids is 1. The van der Waals surface area contributed by atoms with Crippen molar-refractivity contribution in [3.63, 3.8) is 0 Å². The van der Waals surface area contributed by atoms with Crippen LogP contribution in [0.15, 0.2) is 0 Å². The summed E-state index contributed by atoms with van der Waals surface area (Å²) in [5.74, 6) is 0.743. The number of hydrogen-bond acceptors (Lipinski definition) is 5. The Hall–Kier alpha value is -1.01. The lowest BCUT2D eigenvalue weighted by atomic mass is 10.0. The number of amides is 1. The zero-order valence-electron chi connectivity index (χ0n) is 10.0. The van der Waals surface area contributed by atoms with Crippen molar-refractivity contribution in [1.29, 1.82) is 0 Å². The van der Waals surface area contributed by atoms with E-state index in [0.29, 0.717) is 23.4 Å². The van der Waals surface area contributed by atoms with Crippen molar-refractivity contribution in [3.8, 4) is 0 Å². The van der Waals surface area contributed by atoms with Gasteiger partial charge in [-0.3, -0.25) is 4.79 Å². The standard InChI is InChI=1S/C11H18N4OS/c1-8-13-11(17-15-8)14-10(16)6-5-9-4-2-3-7-12-9/h9,12H,2-7H2,1H3,(H,13,14,15,16). The maximum atomic E-state index is 11.7. The van der Waals surface area contributed by atoms with E-state index in [9.17, 15) is 4.79 Å². The Balaban J connectivity index is 1.70. The second-order valence-corrected chi connectivity index (χ2v) is 5.13. The van der Waals surface area contributed by atoms with Crippen LogP contribution in [-0.2, 0) is 4.79 Å². The van der Waals surface area contributed by atoms with Crippen LogP contribution in [0.5, 0.6) is 0 Å². The molecule has 2 N–H and O–H groups in total. The molecule has 6 heteroatoms. The predicted octanol–water partition coefficient (Wildman–Crippen LogP) is 1.71. The highest BCUT2D eigenvalue weighted by Gasteiger charge is 2.14. The maximum absolute atomic E-state index is 11.7. The summed E-state index contributed by atoms with van der Waals surface area (Å²) >= 11 is 1.23. The van der Waals surface area contributed by atoms with Crippen LogP contribution in [-0.4, -0.2) is 27.9 Å². The van der Waals surface area contributed by atoms with E-state index in [4.69, 9.17) is 0 Å². The highest BCUT2D eigenvalue weighted by Crippen LogP contribution is 2.14. The Morgan fingerprint density at radius 1 is 1.59 bits per heavy atom. The molecule has 17 heavy (non-hydrogen) atoms. The van der Waals surface area contributed by atoms with Crippen LogP contribution in [0.3, 0.4) is 0 Å². The van der Waals surface area contributed by atoms with Crippen molar-refractivity contribution in [2.45, 2.75) is 45.1 Å². The topological polar surface area (TPSA) is 66.9 Å². The average molecular weight is 254 g/mol. The van der Waals surface area contributed by atoms with E-state index in [1.54, 1.807) is 0 Å². The van der Waals surface area contributed by atoms with Crippen LogP contribution >= 0.6 is 11.5 Å². The molecule has 0 bridgehead atoms. The molecular formula is C11H18N4OS. The minimum Gasteiger partial charge on any atom is -0.314 e. The molecule has 0 radical (unpaired) electrons. The fourth-order valence-corrected chi connectivity index (χ4v) is 2.60. The lowest BCUT2D eigenvalue weighted by Crippen LogP contribution is -2.34. The quantitative estimate of drug-likeness (QED) is 0.858. The first-order chi connectivity index (χ1) is 8.24. The maximum Gasteiger partial charge on any atom is 0.226 e. The van der Waals surface area contributed by atoms with E-state index >= 15 is 0 Å². The van der Waals surface area contributed by atoms with E-state index < -0.39 is 0 Å². The number of anilines is 1. The number of piperidine rings is 1. The van der Waals surface area contributed by atoms with Crippen LogP contribution in [0.1, 0.15) is 37.9 Å². The van der Waals surface area contributed by atoms with Crippen molar-refractivity contribution in [2.24, 2.45) is 0 Å². The molecule has 5 nitrogen and oxygen atoms in total. The molecule has 1 aromatic heterocycles. The molecule has 0 spiro atoms. The summed E-state index contributed by atoms with van der Waals surface area (Å²) in [5, 5.41) is 6.82. The Morgan fingerprint density at radius 2 is 2.47 bits per heavy atom. The number of hydrogen-bond donors (Lipinski definition) is 2. The van der Waals surface area contributed by atoms with Crippen molar-refractivity contribution < 1.29 is 4.79 Å². The van der Waals surface area contributed by atoms with Crippen molar-refractivity contribution in [3.05, 3.63) is 5.82 Å². The monoisotopic (exact) mass is 254 g/mol. The van der Waals surface area contributed by atoms with Gasteiger partial charge < -0.3 is 10.6 Å². The lowest BCUT2D eigenvalue weighted by molar-refractivity contribution is -0.116. The largest absolute Gasteiger partial charge is 0.314 e. The molecule has 1 aliphatic rings. The van der Waals surface area contributed by atoms with Gasteiger partial charge in [0.05, 0.1) is 0 Å². The third-order valence-electron chi connectivity index (χ3n) is 2.91. The number of rotatable bonds is 4. The molecule has 2 heterocycles. The average Bonchev–Trinajstić information content (AvgIpc) is 2.73. The highest BCUT2D eigenvalue weighted by molar-refractivity contribution is 7.09. The first kappa shape index (κ1) is 12.4. The van der Waals surface area contributed by atoms with Gasteiger partial charge in [0.15, 0.2) is 0 Å². The van der Waals surface area contributed by atoms with Crippen LogP contribution in [0.2, 0.25) is 0 Å². The van der Waals surface area contributed by atoms with Crippen LogP contribution in [0.4, 0.5) is 5.13 Å². The minimum absolute atomic E-state index is 0.0357. The minimum atomic E-state index is 0.0357. The van der Waals surface area contributed by atoms with Gasteiger partial charge in [0.1, 0.15) is 5.82 Å². The summed E-state index contributed by atoms with van der Waals surface area (Å²) in [5.41, 5.74) is 0. The first-order valence-corrected chi connectivity index (χ1v) is 6.85. The second kappa shape index (κ2) is 6.07. The van der Waals surface area contributed by atoms with Gasteiger partial charge in [-0.2, -0.15) is 4.37 Å². The number of aromatic nitrogens is 2. The normalized spacial score (nSPS) is 20.2. The molecular weight excluding hydrogens is 236 g/mol. The lowest BCUT2D eigenvalue weighted by Gasteiger charge is -2.22. The molecule has 2 rings (SSSR count). The summed E-state index contributed by atoms with van der Waals surface area (Å²) in [7, 11) is 0. The molecule has 0 aliphatic carbocycles. The third kappa shape index (κ3) is 4.05. The molecule has 1 saturated heterocycles. The SMILES string of the molecule is Cc1nsc(NC(=O)CCC2CCCCN2)n1. The molecule has 1 aromatic rings. The van der Waals surface area contributed by atoms with Gasteiger partial charge in [0, 0.05) is 24.0 Å². The van der Waals surface area contributed by atoms with Crippen molar-refractivity contribution in [2.75, 3.05) is 11.9 Å². The molecule has 1 unspecified atom stereocenters. The summed E-state index contributed by atoms with van der Waals surface area (Å²) in [6, 6.07) is 0.505. The Labute approximate surface area is 105 Å². The fourth-order valence-electron chi connectivity index (χ4n) is 2.01. The van der Waals surface area contributed by atoms with Gasteiger partial charge >= 0.3 is 0 Å². The predicted molar refractivity (Wildman–Crippen MR) is 68.2 cm³/mol. The van der Waals surface area contributed by atoms with E-state index in [1.807, 2.05) is 6.92 Å².